The molecule has 4 nitrogen and oxygen atoms in total. The summed E-state index contributed by atoms with van der Waals surface area (Å²) in [6.07, 6.45) is 5.85. The maximum atomic E-state index is 4.78. The van der Waals surface area contributed by atoms with Gasteiger partial charge in [0.1, 0.15) is 0 Å². The first-order chi connectivity index (χ1) is 13.5. The predicted octanol–water partition coefficient (Wildman–Crippen LogP) is 4.70. The second-order valence-corrected chi connectivity index (χ2v) is 8.24. The Labute approximate surface area is 168 Å². The normalized spacial score (nSPS) is 22.4. The largest absolute Gasteiger partial charge is 0.378 e. The number of hydrogen-bond donors (Lipinski definition) is 1. The summed E-state index contributed by atoms with van der Waals surface area (Å²) in [5.74, 6) is 0.464. The lowest BCUT2D eigenvalue weighted by atomic mass is 9.78. The Morgan fingerprint density at radius 3 is 2.11 bits per heavy atom. The van der Waals surface area contributed by atoms with Gasteiger partial charge in [-0.1, -0.05) is 24.3 Å². The molecule has 2 aromatic carbocycles. The van der Waals surface area contributed by atoms with Crippen LogP contribution in [0.2, 0.25) is 0 Å². The molecule has 2 aliphatic rings. The lowest BCUT2D eigenvalue weighted by molar-refractivity contribution is 0.451. The predicted molar refractivity (Wildman–Crippen MR) is 120 cm³/mol. The zero-order valence-electron chi connectivity index (χ0n) is 17.3. The van der Waals surface area contributed by atoms with Crippen molar-refractivity contribution in [3.05, 3.63) is 65.2 Å². The number of nitrogens with zero attached hydrogens (tertiary/aromatic N) is 3. The molecule has 28 heavy (non-hydrogen) atoms. The monoisotopic (exact) mass is 374 g/mol. The van der Waals surface area contributed by atoms with E-state index in [1.165, 1.54) is 46.6 Å². The molecule has 1 N–H and O–H groups in total. The lowest BCUT2D eigenvalue weighted by Gasteiger charge is -2.26. The van der Waals surface area contributed by atoms with E-state index in [-0.39, 0.29) is 6.04 Å². The smallest absolute Gasteiger partial charge is 0.0774 e. The third-order valence-electron chi connectivity index (χ3n) is 5.89. The van der Waals surface area contributed by atoms with Gasteiger partial charge in [-0.05, 0) is 66.3 Å². The van der Waals surface area contributed by atoms with E-state index in [1.54, 1.807) is 0 Å². The van der Waals surface area contributed by atoms with Crippen LogP contribution in [0.1, 0.15) is 36.4 Å². The van der Waals surface area contributed by atoms with Crippen LogP contribution >= 0.6 is 0 Å². The summed E-state index contributed by atoms with van der Waals surface area (Å²) in [6.45, 7) is 0. The maximum Gasteiger partial charge on any atom is 0.0774 e. The Bertz CT molecular complexity index is 876. The molecule has 0 radical (unpaired) electrons. The highest BCUT2D eigenvalue weighted by atomic mass is 15.3. The first kappa shape index (κ1) is 18.6. The Kier molecular flexibility index (Phi) is 5.12. The van der Waals surface area contributed by atoms with Crippen LogP contribution in [0.3, 0.4) is 0 Å². The van der Waals surface area contributed by atoms with Crippen LogP contribution in [0.25, 0.3) is 6.08 Å². The van der Waals surface area contributed by atoms with Crippen molar-refractivity contribution >= 4 is 23.2 Å². The van der Waals surface area contributed by atoms with Gasteiger partial charge in [0, 0.05) is 45.5 Å². The van der Waals surface area contributed by atoms with Crippen LogP contribution in [0.15, 0.2) is 59.2 Å². The van der Waals surface area contributed by atoms with Gasteiger partial charge >= 0.3 is 0 Å². The Balaban J connectivity index is 1.54. The molecule has 1 heterocycles. The highest BCUT2D eigenvalue weighted by molar-refractivity contribution is 6.07. The quantitative estimate of drug-likeness (QED) is 0.841. The highest BCUT2D eigenvalue weighted by Gasteiger charge is 2.36. The van der Waals surface area contributed by atoms with Crippen LogP contribution in [-0.4, -0.2) is 33.9 Å². The van der Waals surface area contributed by atoms with Gasteiger partial charge < -0.3 is 15.2 Å². The summed E-state index contributed by atoms with van der Waals surface area (Å²) in [4.78, 5) is 4.27. The molecular weight excluding hydrogens is 344 g/mol. The third kappa shape index (κ3) is 3.64. The van der Waals surface area contributed by atoms with E-state index >= 15 is 0 Å². The van der Waals surface area contributed by atoms with E-state index in [0.29, 0.717) is 5.92 Å². The van der Waals surface area contributed by atoms with Crippen molar-refractivity contribution in [3.63, 3.8) is 0 Å². The maximum absolute atomic E-state index is 4.78. The molecule has 0 aromatic heterocycles. The molecule has 2 aromatic rings. The van der Waals surface area contributed by atoms with Gasteiger partial charge in [-0.3, -0.25) is 0 Å². The fraction of sp³-hybridized carbons (Fsp3) is 0.375. The number of fused-ring (bicyclic) bond motifs is 1. The first-order valence-corrected chi connectivity index (χ1v) is 10.1. The highest BCUT2D eigenvalue weighted by Crippen LogP contribution is 2.39. The van der Waals surface area contributed by atoms with Crippen molar-refractivity contribution in [1.29, 1.82) is 0 Å². The minimum Gasteiger partial charge on any atom is -0.378 e. The van der Waals surface area contributed by atoms with E-state index in [9.17, 15) is 0 Å². The molecule has 0 unspecified atom stereocenters. The number of nitrogens with one attached hydrogen (secondary N) is 1. The van der Waals surface area contributed by atoms with Crippen molar-refractivity contribution in [2.75, 3.05) is 38.0 Å². The second kappa shape index (κ2) is 7.70. The molecule has 146 valence electrons. The zero-order chi connectivity index (χ0) is 19.7. The summed E-state index contributed by atoms with van der Waals surface area (Å²) < 4.78 is 0. The van der Waals surface area contributed by atoms with Crippen molar-refractivity contribution in [2.24, 2.45) is 11.0 Å². The van der Waals surface area contributed by atoms with Crippen LogP contribution in [-0.2, 0) is 0 Å². The van der Waals surface area contributed by atoms with Crippen molar-refractivity contribution in [2.45, 2.75) is 25.3 Å². The molecular formula is C24H30N4. The number of benzene rings is 2. The van der Waals surface area contributed by atoms with E-state index in [2.05, 4.69) is 98.0 Å². The van der Waals surface area contributed by atoms with E-state index in [0.717, 1.165) is 6.42 Å². The SMILES string of the molecule is CN(C)c1ccc(/C=C2\CCC[C@H]3C2=NN[C@@H]3c2ccc(N(C)C)cc2)cc1. The number of hydrogen-bond acceptors (Lipinski definition) is 4. The summed E-state index contributed by atoms with van der Waals surface area (Å²) in [6, 6.07) is 17.9. The average Bonchev–Trinajstić information content (AvgIpc) is 3.13. The molecule has 1 aliphatic heterocycles. The van der Waals surface area contributed by atoms with E-state index in [4.69, 9.17) is 5.10 Å². The number of allylic oxidation sites excluding steroid dienone is 1. The van der Waals surface area contributed by atoms with Gasteiger partial charge in [0.2, 0.25) is 0 Å². The van der Waals surface area contributed by atoms with Crippen LogP contribution < -0.4 is 15.2 Å². The average molecular weight is 375 g/mol. The van der Waals surface area contributed by atoms with Crippen molar-refractivity contribution < 1.29 is 0 Å². The first-order valence-electron chi connectivity index (χ1n) is 10.1. The van der Waals surface area contributed by atoms with E-state index in [1.807, 2.05) is 0 Å². The zero-order valence-corrected chi connectivity index (χ0v) is 17.3. The van der Waals surface area contributed by atoms with Crippen LogP contribution in [0.4, 0.5) is 11.4 Å². The Morgan fingerprint density at radius 2 is 1.50 bits per heavy atom. The fourth-order valence-electron chi connectivity index (χ4n) is 4.23. The topological polar surface area (TPSA) is 30.9 Å². The van der Waals surface area contributed by atoms with Crippen molar-refractivity contribution in [1.82, 2.24) is 5.43 Å². The van der Waals surface area contributed by atoms with Gasteiger partial charge in [0.05, 0.1) is 11.8 Å². The molecule has 2 atom stereocenters. The van der Waals surface area contributed by atoms with E-state index < -0.39 is 0 Å². The minimum absolute atomic E-state index is 0.283. The number of rotatable bonds is 4. The summed E-state index contributed by atoms with van der Waals surface area (Å²) in [5, 5.41) is 4.78. The minimum atomic E-state index is 0.283. The Hall–Kier alpha value is -2.75. The molecule has 0 bridgehead atoms. The molecule has 0 spiro atoms. The molecule has 1 aliphatic carbocycles. The molecule has 0 saturated heterocycles. The molecule has 1 saturated carbocycles. The van der Waals surface area contributed by atoms with Gasteiger partial charge in [-0.2, -0.15) is 5.10 Å². The van der Waals surface area contributed by atoms with Crippen LogP contribution in [0, 0.1) is 5.92 Å². The fourth-order valence-corrected chi connectivity index (χ4v) is 4.23. The third-order valence-corrected chi connectivity index (χ3v) is 5.89. The molecule has 0 amide bonds. The van der Waals surface area contributed by atoms with Gasteiger partial charge in [0.15, 0.2) is 0 Å². The summed E-state index contributed by atoms with van der Waals surface area (Å²) >= 11 is 0. The molecule has 4 heteroatoms. The molecule has 1 fully saturated rings. The molecule has 4 rings (SSSR count). The number of anilines is 2. The Morgan fingerprint density at radius 1 is 0.893 bits per heavy atom. The number of hydrazone groups is 1. The summed E-state index contributed by atoms with van der Waals surface area (Å²) in [5.41, 5.74) is 11.1. The van der Waals surface area contributed by atoms with Gasteiger partial charge in [0.25, 0.3) is 0 Å². The second-order valence-electron chi connectivity index (χ2n) is 8.24. The van der Waals surface area contributed by atoms with Crippen molar-refractivity contribution in [3.8, 4) is 0 Å². The standard InChI is InChI=1S/C24H30N4/c1-27(2)20-12-8-17(9-13-20)16-19-6-5-7-22-23(25-26-24(19)22)18-10-14-21(15-11-18)28(3)4/h8-16,22-23,25H,5-7H2,1-4H3/b19-16+/t22-,23-/m1/s1. The van der Waals surface area contributed by atoms with Gasteiger partial charge in [-0.15, -0.1) is 0 Å². The van der Waals surface area contributed by atoms with Crippen LogP contribution in [0.5, 0.6) is 0 Å². The lowest BCUT2D eigenvalue weighted by Crippen LogP contribution is -2.25. The van der Waals surface area contributed by atoms with Gasteiger partial charge in [-0.25, -0.2) is 0 Å². The summed E-state index contributed by atoms with van der Waals surface area (Å²) in [7, 11) is 8.30.